The summed E-state index contributed by atoms with van der Waals surface area (Å²) < 4.78 is 5.19. The van der Waals surface area contributed by atoms with Gasteiger partial charge in [-0.25, -0.2) is 0 Å². The second-order valence-corrected chi connectivity index (χ2v) is 15.6. The molecule has 0 saturated heterocycles. The summed E-state index contributed by atoms with van der Waals surface area (Å²) in [5.74, 6) is 0. The third-order valence-corrected chi connectivity index (χ3v) is 13.0. The molecule has 0 N–H and O–H groups in total. The molecular formula is C52H29BN2. The Morgan fingerprint density at radius 3 is 1.76 bits per heavy atom. The average Bonchev–Trinajstić information content (AvgIpc) is 3.74. The molecule has 0 spiro atoms. The zero-order chi connectivity index (χ0) is 35.5. The molecule has 2 aromatic heterocycles. The number of nitrogens with zero attached hydrogens (tertiary/aromatic N) is 2. The normalized spacial score (nSPS) is 13.1. The second-order valence-electron chi connectivity index (χ2n) is 15.6. The maximum Gasteiger partial charge on any atom is 0.252 e. The van der Waals surface area contributed by atoms with E-state index in [0.717, 1.165) is 0 Å². The van der Waals surface area contributed by atoms with Gasteiger partial charge in [-0.15, -0.1) is 0 Å². The molecule has 0 radical (unpaired) electrons. The second kappa shape index (κ2) is 9.90. The van der Waals surface area contributed by atoms with Crippen molar-refractivity contribution in [3.05, 3.63) is 176 Å². The molecule has 3 aliphatic rings. The summed E-state index contributed by atoms with van der Waals surface area (Å²) in [7, 11) is 0. The first kappa shape index (κ1) is 28.4. The lowest BCUT2D eigenvalue weighted by Crippen LogP contribution is -2.59. The summed E-state index contributed by atoms with van der Waals surface area (Å²) in [6.07, 6.45) is 0. The minimum atomic E-state index is 0.0675. The Hall–Kier alpha value is -7.10. The summed E-state index contributed by atoms with van der Waals surface area (Å²) in [5, 5.41) is 7.99. The van der Waals surface area contributed by atoms with Crippen LogP contribution in [0.4, 0.5) is 0 Å². The van der Waals surface area contributed by atoms with Crippen LogP contribution in [0.2, 0.25) is 0 Å². The van der Waals surface area contributed by atoms with Crippen molar-refractivity contribution < 1.29 is 0 Å². The Morgan fingerprint density at radius 1 is 0.345 bits per heavy atom. The smallest absolute Gasteiger partial charge is 0.252 e. The van der Waals surface area contributed by atoms with Gasteiger partial charge < -0.3 is 9.13 Å². The third-order valence-electron chi connectivity index (χ3n) is 13.0. The van der Waals surface area contributed by atoms with Crippen molar-refractivity contribution in [2.45, 2.75) is 0 Å². The molecule has 0 saturated carbocycles. The fraction of sp³-hybridized carbons (Fsp3) is 0. The lowest BCUT2D eigenvalue weighted by molar-refractivity contribution is 1.14. The van der Waals surface area contributed by atoms with Crippen molar-refractivity contribution in [2.24, 2.45) is 0 Å². The summed E-state index contributed by atoms with van der Waals surface area (Å²) in [6, 6.07) is 66.3. The van der Waals surface area contributed by atoms with Gasteiger partial charge in [-0.1, -0.05) is 140 Å². The van der Waals surface area contributed by atoms with Crippen molar-refractivity contribution in [3.63, 3.8) is 0 Å². The van der Waals surface area contributed by atoms with Crippen LogP contribution in [0, 0.1) is 0 Å². The fourth-order valence-corrected chi connectivity index (χ4v) is 10.9. The third kappa shape index (κ3) is 3.40. The Balaban J connectivity index is 1.18. The van der Waals surface area contributed by atoms with E-state index in [9.17, 15) is 0 Å². The van der Waals surface area contributed by atoms with Crippen LogP contribution in [-0.2, 0) is 0 Å². The number of hydrogen-bond acceptors (Lipinski definition) is 0. The fourth-order valence-electron chi connectivity index (χ4n) is 10.9. The van der Waals surface area contributed by atoms with Crippen molar-refractivity contribution >= 4 is 77.5 Å². The largest absolute Gasteiger partial charge is 0.310 e. The lowest BCUT2D eigenvalue weighted by atomic mass is 9.34. The van der Waals surface area contributed by atoms with Crippen LogP contribution in [0.5, 0.6) is 0 Å². The van der Waals surface area contributed by atoms with E-state index in [2.05, 4.69) is 185 Å². The maximum atomic E-state index is 2.62. The molecule has 2 nitrogen and oxygen atoms in total. The van der Waals surface area contributed by atoms with Gasteiger partial charge >= 0.3 is 0 Å². The number of fused-ring (bicyclic) bond motifs is 11. The van der Waals surface area contributed by atoms with Gasteiger partial charge in [0.2, 0.25) is 0 Å². The topological polar surface area (TPSA) is 9.86 Å². The van der Waals surface area contributed by atoms with Crippen LogP contribution < -0.4 is 16.4 Å². The van der Waals surface area contributed by atoms with Gasteiger partial charge in [0, 0.05) is 38.4 Å². The first-order chi connectivity index (χ1) is 27.3. The van der Waals surface area contributed by atoms with Gasteiger partial charge in [-0.2, -0.15) is 0 Å². The highest BCUT2D eigenvalue weighted by Gasteiger charge is 2.42. The number of rotatable bonds is 2. The van der Waals surface area contributed by atoms with E-state index in [-0.39, 0.29) is 6.71 Å². The van der Waals surface area contributed by atoms with E-state index in [1.807, 2.05) is 0 Å². The first-order valence-electron chi connectivity index (χ1n) is 19.3. The van der Waals surface area contributed by atoms with Crippen LogP contribution in [0.1, 0.15) is 0 Å². The molecule has 11 aromatic rings. The highest BCUT2D eigenvalue weighted by atomic mass is 15.0. The molecule has 0 amide bonds. The van der Waals surface area contributed by atoms with Gasteiger partial charge in [-0.3, -0.25) is 0 Å². The van der Waals surface area contributed by atoms with Crippen molar-refractivity contribution in [1.29, 1.82) is 0 Å². The Bertz CT molecular complexity index is 3530. The molecule has 3 heteroatoms. The van der Waals surface area contributed by atoms with Crippen LogP contribution in [0.3, 0.4) is 0 Å². The molecule has 0 bridgehead atoms. The molecule has 14 rings (SSSR count). The van der Waals surface area contributed by atoms with E-state index >= 15 is 0 Å². The average molecular weight is 693 g/mol. The van der Waals surface area contributed by atoms with Gasteiger partial charge in [0.15, 0.2) is 0 Å². The highest BCUT2D eigenvalue weighted by molar-refractivity contribution is 7.00. The van der Waals surface area contributed by atoms with E-state index in [0.29, 0.717) is 0 Å². The van der Waals surface area contributed by atoms with E-state index in [1.165, 1.54) is 127 Å². The van der Waals surface area contributed by atoms with Gasteiger partial charge in [0.1, 0.15) is 0 Å². The Labute approximate surface area is 317 Å². The molecule has 0 atom stereocenters. The molecule has 2 aliphatic heterocycles. The zero-order valence-electron chi connectivity index (χ0n) is 29.7. The molecular weight excluding hydrogens is 663 g/mol. The monoisotopic (exact) mass is 692 g/mol. The van der Waals surface area contributed by atoms with E-state index in [1.54, 1.807) is 0 Å². The highest BCUT2D eigenvalue weighted by Crippen LogP contribution is 2.50. The lowest BCUT2D eigenvalue weighted by Gasteiger charge is -2.34. The minimum Gasteiger partial charge on any atom is -0.310 e. The van der Waals surface area contributed by atoms with E-state index in [4.69, 9.17) is 0 Å². The van der Waals surface area contributed by atoms with Crippen LogP contribution in [0.25, 0.3) is 110 Å². The number of aromatic nitrogens is 2. The first-order valence-corrected chi connectivity index (χ1v) is 19.3. The van der Waals surface area contributed by atoms with Gasteiger partial charge in [-0.05, 0) is 108 Å². The van der Waals surface area contributed by atoms with Crippen molar-refractivity contribution in [2.75, 3.05) is 0 Å². The molecule has 9 aromatic carbocycles. The van der Waals surface area contributed by atoms with Gasteiger partial charge in [0.25, 0.3) is 6.71 Å². The Kier molecular flexibility index (Phi) is 5.12. The molecule has 0 unspecified atom stereocenters. The van der Waals surface area contributed by atoms with E-state index < -0.39 is 0 Å². The standard InChI is InChI=1S/C52H29BN2/c1-3-11-30(12-4-1)33-22-25-43-39(27-33)40-28-34(31-13-5-2-6-14-31)29-42-51(40)54(43)45-19-10-20-46-50(45)53(42)41-24-23-38-36-17-8-7-16-35(36)37-18-9-15-32-21-26-44-49(47(32)37)48(38)52(41)55(44)46/h1-29H. The quantitative estimate of drug-likeness (QED) is 0.160. The number of benzene rings is 9. The molecule has 1 aliphatic carbocycles. The predicted octanol–water partition coefficient (Wildman–Crippen LogP) is 11.2. The maximum absolute atomic E-state index is 2.62. The predicted molar refractivity (Wildman–Crippen MR) is 233 cm³/mol. The Morgan fingerprint density at radius 2 is 0.982 bits per heavy atom. The summed E-state index contributed by atoms with van der Waals surface area (Å²) in [5.41, 5.74) is 22.1. The molecule has 0 fully saturated rings. The minimum absolute atomic E-state index is 0.0675. The molecule has 250 valence electrons. The van der Waals surface area contributed by atoms with Crippen LogP contribution >= 0.6 is 0 Å². The van der Waals surface area contributed by atoms with Gasteiger partial charge in [0.05, 0.1) is 16.6 Å². The summed E-state index contributed by atoms with van der Waals surface area (Å²) in [4.78, 5) is 0. The summed E-state index contributed by atoms with van der Waals surface area (Å²) in [6.45, 7) is 0.0675. The number of hydrogen-bond donors (Lipinski definition) is 0. The van der Waals surface area contributed by atoms with Crippen LogP contribution in [0.15, 0.2) is 176 Å². The van der Waals surface area contributed by atoms with Crippen molar-refractivity contribution in [1.82, 2.24) is 9.13 Å². The SMILES string of the molecule is c1ccc(-c2ccc3c(c2)c2cc(-c4ccccc4)cc4c2n3-c2cccc3c2B4c2ccc4c5c6c7c(cccc7ccc6n-3c25)-c2ccccc2-4)cc1. The zero-order valence-corrected chi connectivity index (χ0v) is 29.7. The van der Waals surface area contributed by atoms with Crippen molar-refractivity contribution in [3.8, 4) is 55.9 Å². The molecule has 55 heavy (non-hydrogen) atoms. The van der Waals surface area contributed by atoms with Crippen LogP contribution in [-0.4, -0.2) is 15.8 Å². The molecule has 4 heterocycles. The summed E-state index contributed by atoms with van der Waals surface area (Å²) >= 11 is 0.